The van der Waals surface area contributed by atoms with E-state index in [1.165, 1.54) is 0 Å². The summed E-state index contributed by atoms with van der Waals surface area (Å²) in [7, 11) is 0. The lowest BCUT2D eigenvalue weighted by Gasteiger charge is -2.11. The number of carbonyl (C=O) groups excluding carboxylic acids is 1. The van der Waals surface area contributed by atoms with Gasteiger partial charge in [0.05, 0.1) is 4.92 Å². The van der Waals surface area contributed by atoms with Crippen LogP contribution in [0.1, 0.15) is 26.2 Å². The molecular formula is C12H15F2N3O3. The van der Waals surface area contributed by atoms with Gasteiger partial charge in [0.2, 0.25) is 5.91 Å². The molecule has 1 atom stereocenters. The van der Waals surface area contributed by atoms with Crippen molar-refractivity contribution in [1.82, 2.24) is 0 Å². The topological polar surface area (TPSA) is 98.3 Å². The number of nitrogens with zero attached hydrogens (tertiary/aromatic N) is 1. The molecule has 8 heteroatoms. The Kier molecular flexibility index (Phi) is 5.51. The molecule has 6 nitrogen and oxygen atoms in total. The Morgan fingerprint density at radius 1 is 1.50 bits per heavy atom. The van der Waals surface area contributed by atoms with Gasteiger partial charge in [0, 0.05) is 18.5 Å². The van der Waals surface area contributed by atoms with Crippen LogP contribution >= 0.6 is 0 Å². The van der Waals surface area contributed by atoms with Crippen molar-refractivity contribution in [2.24, 2.45) is 5.73 Å². The van der Waals surface area contributed by atoms with Crippen LogP contribution in [0.25, 0.3) is 0 Å². The molecule has 1 aromatic carbocycles. The van der Waals surface area contributed by atoms with Crippen LogP contribution in [-0.4, -0.2) is 16.9 Å². The van der Waals surface area contributed by atoms with Crippen molar-refractivity contribution in [3.05, 3.63) is 33.9 Å². The molecule has 0 fully saturated rings. The Hall–Kier alpha value is -2.09. The van der Waals surface area contributed by atoms with Gasteiger partial charge in [-0.25, -0.2) is 8.78 Å². The quantitative estimate of drug-likeness (QED) is 0.619. The minimum atomic E-state index is -1.46. The molecule has 0 aliphatic heterocycles. The maximum Gasteiger partial charge on any atom is 0.296 e. The van der Waals surface area contributed by atoms with E-state index in [9.17, 15) is 23.7 Å². The summed E-state index contributed by atoms with van der Waals surface area (Å²) < 4.78 is 26.6. The predicted octanol–water partition coefficient (Wildman–Crippen LogP) is 2.33. The summed E-state index contributed by atoms with van der Waals surface area (Å²) in [6.45, 7) is 1.88. The molecule has 0 aromatic heterocycles. The van der Waals surface area contributed by atoms with E-state index in [0.717, 1.165) is 12.5 Å². The molecule has 0 radical (unpaired) electrons. The summed E-state index contributed by atoms with van der Waals surface area (Å²) in [6.07, 6.45) is 1.23. The summed E-state index contributed by atoms with van der Waals surface area (Å²) in [6, 6.07) is 0.988. The van der Waals surface area contributed by atoms with Crippen molar-refractivity contribution in [1.29, 1.82) is 0 Å². The van der Waals surface area contributed by atoms with E-state index in [1.807, 2.05) is 12.2 Å². The van der Waals surface area contributed by atoms with Crippen LogP contribution in [0, 0.1) is 21.7 Å². The van der Waals surface area contributed by atoms with Crippen molar-refractivity contribution < 1.29 is 18.5 Å². The fraction of sp³-hybridized carbons (Fsp3) is 0.417. The van der Waals surface area contributed by atoms with Gasteiger partial charge >= 0.3 is 0 Å². The van der Waals surface area contributed by atoms with Gasteiger partial charge in [-0.15, -0.1) is 0 Å². The number of hydrogen-bond acceptors (Lipinski definition) is 4. The Labute approximate surface area is 114 Å². The standard InChI is InChI=1S/C12H15F2N3O3/c1-2-3-7(15)6-10(18)16-12-9(17(19)20)5-4-8(13)11(12)14/h4-5,7H,2-3,6,15H2,1H3,(H,16,18). The molecule has 3 N–H and O–H groups in total. The van der Waals surface area contributed by atoms with E-state index >= 15 is 0 Å². The number of nitrogens with one attached hydrogen (secondary N) is 1. The van der Waals surface area contributed by atoms with E-state index in [0.29, 0.717) is 12.5 Å². The van der Waals surface area contributed by atoms with Crippen molar-refractivity contribution >= 4 is 17.3 Å². The zero-order valence-corrected chi connectivity index (χ0v) is 10.9. The first-order valence-corrected chi connectivity index (χ1v) is 6.04. The summed E-state index contributed by atoms with van der Waals surface area (Å²) in [5, 5.41) is 12.7. The monoisotopic (exact) mass is 287 g/mol. The van der Waals surface area contributed by atoms with Gasteiger partial charge in [0.15, 0.2) is 17.3 Å². The van der Waals surface area contributed by atoms with E-state index in [2.05, 4.69) is 0 Å². The second-order valence-electron chi connectivity index (χ2n) is 4.31. The Bertz CT molecular complexity index is 523. The van der Waals surface area contributed by atoms with Crippen LogP contribution < -0.4 is 11.1 Å². The molecule has 0 heterocycles. The third-order valence-electron chi connectivity index (χ3n) is 2.64. The van der Waals surface area contributed by atoms with Gasteiger partial charge in [-0.05, 0) is 12.5 Å². The lowest BCUT2D eigenvalue weighted by atomic mass is 10.1. The van der Waals surface area contributed by atoms with Gasteiger partial charge in [-0.2, -0.15) is 0 Å². The molecule has 20 heavy (non-hydrogen) atoms. The highest BCUT2D eigenvalue weighted by Crippen LogP contribution is 2.29. The van der Waals surface area contributed by atoms with E-state index in [-0.39, 0.29) is 6.42 Å². The van der Waals surface area contributed by atoms with Crippen LogP contribution in [-0.2, 0) is 4.79 Å². The molecule has 0 aliphatic carbocycles. The summed E-state index contributed by atoms with van der Waals surface area (Å²) in [4.78, 5) is 21.5. The van der Waals surface area contributed by atoms with Gasteiger partial charge in [0.1, 0.15) is 0 Å². The Balaban J connectivity index is 2.93. The van der Waals surface area contributed by atoms with E-state index < -0.39 is 39.9 Å². The zero-order valence-electron chi connectivity index (χ0n) is 10.9. The molecule has 0 saturated carbocycles. The van der Waals surface area contributed by atoms with Gasteiger partial charge in [0.25, 0.3) is 5.69 Å². The predicted molar refractivity (Wildman–Crippen MR) is 69.1 cm³/mol. The smallest absolute Gasteiger partial charge is 0.296 e. The number of rotatable bonds is 6. The summed E-state index contributed by atoms with van der Waals surface area (Å²) in [5.41, 5.74) is 4.16. The highest BCUT2D eigenvalue weighted by molar-refractivity contribution is 5.93. The fourth-order valence-corrected chi connectivity index (χ4v) is 1.71. The van der Waals surface area contributed by atoms with Gasteiger partial charge in [-0.3, -0.25) is 14.9 Å². The van der Waals surface area contributed by atoms with Crippen LogP contribution in [0.3, 0.4) is 0 Å². The van der Waals surface area contributed by atoms with E-state index in [4.69, 9.17) is 5.73 Å². The largest absolute Gasteiger partial charge is 0.327 e. The average molecular weight is 287 g/mol. The maximum atomic E-state index is 13.5. The van der Waals surface area contributed by atoms with Crippen LogP contribution in [0.2, 0.25) is 0 Å². The molecular weight excluding hydrogens is 272 g/mol. The number of nitro benzene ring substituents is 1. The molecule has 0 bridgehead atoms. The lowest BCUT2D eigenvalue weighted by molar-refractivity contribution is -0.384. The molecule has 1 aromatic rings. The Morgan fingerprint density at radius 3 is 2.70 bits per heavy atom. The number of nitrogens with two attached hydrogens (primary N) is 1. The number of halogens is 2. The SMILES string of the molecule is CCCC(N)CC(=O)Nc1c([N+](=O)[O-])ccc(F)c1F. The molecule has 0 aliphatic rings. The maximum absolute atomic E-state index is 13.5. The zero-order chi connectivity index (χ0) is 15.3. The number of anilines is 1. The number of nitro groups is 1. The molecule has 1 amide bonds. The van der Waals surface area contributed by atoms with Crippen LogP contribution in [0.5, 0.6) is 0 Å². The first-order chi connectivity index (χ1) is 9.36. The minimum Gasteiger partial charge on any atom is -0.327 e. The van der Waals surface area contributed by atoms with E-state index in [1.54, 1.807) is 0 Å². The molecule has 1 rings (SSSR count). The lowest BCUT2D eigenvalue weighted by Crippen LogP contribution is -2.27. The Morgan fingerprint density at radius 2 is 2.15 bits per heavy atom. The normalized spacial score (nSPS) is 12.0. The van der Waals surface area contributed by atoms with Crippen molar-refractivity contribution in [3.63, 3.8) is 0 Å². The minimum absolute atomic E-state index is 0.124. The first kappa shape index (κ1) is 16.0. The molecule has 110 valence electrons. The number of carbonyl (C=O) groups is 1. The first-order valence-electron chi connectivity index (χ1n) is 6.04. The molecule has 0 spiro atoms. The number of hydrogen-bond donors (Lipinski definition) is 2. The highest BCUT2D eigenvalue weighted by Gasteiger charge is 2.23. The van der Waals surface area contributed by atoms with Crippen LogP contribution in [0.4, 0.5) is 20.2 Å². The summed E-state index contributed by atoms with van der Waals surface area (Å²) >= 11 is 0. The fourth-order valence-electron chi connectivity index (χ4n) is 1.71. The number of benzene rings is 1. The van der Waals surface area contributed by atoms with Crippen LogP contribution in [0.15, 0.2) is 12.1 Å². The summed E-state index contributed by atoms with van der Waals surface area (Å²) in [5.74, 6) is -3.43. The third kappa shape index (κ3) is 3.95. The van der Waals surface area contributed by atoms with Gasteiger partial charge < -0.3 is 11.1 Å². The van der Waals surface area contributed by atoms with Crippen molar-refractivity contribution in [2.45, 2.75) is 32.2 Å². The second kappa shape index (κ2) is 6.90. The molecule has 0 saturated heterocycles. The third-order valence-corrected chi connectivity index (χ3v) is 2.64. The highest BCUT2D eigenvalue weighted by atomic mass is 19.2. The van der Waals surface area contributed by atoms with Crippen molar-refractivity contribution in [3.8, 4) is 0 Å². The van der Waals surface area contributed by atoms with Gasteiger partial charge in [-0.1, -0.05) is 13.3 Å². The second-order valence-corrected chi connectivity index (χ2v) is 4.31. The van der Waals surface area contributed by atoms with Crippen molar-refractivity contribution in [2.75, 3.05) is 5.32 Å². The molecule has 1 unspecified atom stereocenters. The number of amides is 1. The average Bonchev–Trinajstić information content (AvgIpc) is 2.34.